The lowest BCUT2D eigenvalue weighted by Gasteiger charge is -2.57. The first-order chi connectivity index (χ1) is 13.2. The highest BCUT2D eigenvalue weighted by Gasteiger charge is 2.50. The molecular weight excluding hydrogens is 330 g/mol. The van der Waals surface area contributed by atoms with Crippen molar-refractivity contribution in [2.24, 2.45) is 5.92 Å². The van der Waals surface area contributed by atoms with Crippen molar-refractivity contribution < 1.29 is 5.11 Å². The molecule has 1 saturated carbocycles. The second-order valence-corrected chi connectivity index (χ2v) is 8.58. The summed E-state index contributed by atoms with van der Waals surface area (Å²) in [6.07, 6.45) is 8.84. The number of aromatic hydroxyl groups is 1. The van der Waals surface area contributed by atoms with E-state index in [1.54, 1.807) is 0 Å². The molecule has 1 saturated heterocycles. The van der Waals surface area contributed by atoms with E-state index in [-0.39, 0.29) is 5.41 Å². The van der Waals surface area contributed by atoms with Crippen molar-refractivity contribution in [3.05, 3.63) is 65.7 Å². The predicted molar refractivity (Wildman–Crippen MR) is 112 cm³/mol. The molecule has 2 fully saturated rings. The van der Waals surface area contributed by atoms with E-state index in [2.05, 4.69) is 48.2 Å². The maximum absolute atomic E-state index is 10.1. The van der Waals surface area contributed by atoms with Gasteiger partial charge in [-0.2, -0.15) is 0 Å². The number of phenols is 1. The highest BCUT2D eigenvalue weighted by molar-refractivity contribution is 5.35. The van der Waals surface area contributed by atoms with Crippen LogP contribution in [-0.2, 0) is 11.8 Å². The molecule has 2 aromatic rings. The monoisotopic (exact) mass is 363 g/mol. The number of nitrogens with zero attached hydrogens (tertiary/aromatic N) is 1. The number of benzene rings is 2. The highest BCUT2D eigenvalue weighted by Crippen LogP contribution is 2.53. The van der Waals surface area contributed by atoms with Crippen LogP contribution in [0.15, 0.2) is 54.6 Å². The first-order valence-electron chi connectivity index (χ1n) is 10.8. The third-order valence-electron chi connectivity index (χ3n) is 7.16. The summed E-state index contributed by atoms with van der Waals surface area (Å²) in [4.78, 5) is 2.79. The molecule has 2 aromatic carbocycles. The zero-order valence-electron chi connectivity index (χ0n) is 16.6. The van der Waals surface area contributed by atoms with E-state index in [4.69, 9.17) is 0 Å². The lowest BCUT2D eigenvalue weighted by atomic mass is 9.55. The van der Waals surface area contributed by atoms with Crippen molar-refractivity contribution in [3.8, 4) is 5.75 Å². The molecule has 144 valence electrons. The van der Waals surface area contributed by atoms with E-state index in [1.165, 1.54) is 62.7 Å². The van der Waals surface area contributed by atoms with Crippen LogP contribution in [0.3, 0.4) is 0 Å². The van der Waals surface area contributed by atoms with E-state index < -0.39 is 0 Å². The van der Waals surface area contributed by atoms with Crippen molar-refractivity contribution in [2.45, 2.75) is 63.3 Å². The Balaban J connectivity index is 1.57. The molecule has 2 heteroatoms. The number of likely N-dealkylation sites (tertiary alicyclic amines) is 1. The minimum absolute atomic E-state index is 0.265. The Hall–Kier alpha value is -1.80. The molecule has 1 aliphatic carbocycles. The van der Waals surface area contributed by atoms with Gasteiger partial charge in [0.2, 0.25) is 0 Å². The molecule has 2 nitrogen and oxygen atoms in total. The average Bonchev–Trinajstić information content (AvgIpc) is 2.69. The van der Waals surface area contributed by atoms with E-state index in [0.717, 1.165) is 6.42 Å². The van der Waals surface area contributed by atoms with Crippen molar-refractivity contribution >= 4 is 0 Å². The summed E-state index contributed by atoms with van der Waals surface area (Å²) in [7, 11) is 0. The van der Waals surface area contributed by atoms with Crippen LogP contribution in [0, 0.1) is 5.92 Å². The molecule has 0 amide bonds. The van der Waals surface area contributed by atoms with E-state index in [1.807, 2.05) is 18.2 Å². The van der Waals surface area contributed by atoms with Crippen molar-refractivity contribution in [2.75, 3.05) is 13.1 Å². The van der Waals surface area contributed by atoms with Crippen LogP contribution in [0.25, 0.3) is 0 Å². The van der Waals surface area contributed by atoms with Gasteiger partial charge < -0.3 is 5.11 Å². The number of fused-ring (bicyclic) bond motifs is 2. The molecule has 27 heavy (non-hydrogen) atoms. The summed E-state index contributed by atoms with van der Waals surface area (Å²) in [6.45, 7) is 4.69. The molecule has 3 atom stereocenters. The number of piperidine rings is 1. The van der Waals surface area contributed by atoms with Crippen molar-refractivity contribution in [1.82, 2.24) is 4.90 Å². The number of hydrogen-bond acceptors (Lipinski definition) is 2. The normalized spacial score (nSPS) is 28.2. The quantitative estimate of drug-likeness (QED) is 0.727. The van der Waals surface area contributed by atoms with Gasteiger partial charge in [0.15, 0.2) is 0 Å². The van der Waals surface area contributed by atoms with Gasteiger partial charge in [-0.15, -0.1) is 0 Å². The SMILES string of the molecule is CCCC1C2CCCC1(c1cccc(O)c1)CCN2CCc1ccccc1. The highest BCUT2D eigenvalue weighted by atomic mass is 16.3. The van der Waals surface area contributed by atoms with Gasteiger partial charge in [0.25, 0.3) is 0 Å². The molecule has 3 unspecified atom stereocenters. The predicted octanol–water partition coefficient (Wildman–Crippen LogP) is 5.55. The van der Waals surface area contributed by atoms with Crippen LogP contribution >= 0.6 is 0 Å². The summed E-state index contributed by atoms with van der Waals surface area (Å²) >= 11 is 0. The number of phenolic OH excluding ortho intramolecular Hbond substituents is 1. The molecule has 0 spiro atoms. The summed E-state index contributed by atoms with van der Waals surface area (Å²) in [5.74, 6) is 1.13. The Morgan fingerprint density at radius 2 is 1.93 bits per heavy atom. The Morgan fingerprint density at radius 3 is 2.70 bits per heavy atom. The molecule has 1 N–H and O–H groups in total. The molecular formula is C25H33NO. The maximum Gasteiger partial charge on any atom is 0.115 e. The zero-order valence-corrected chi connectivity index (χ0v) is 16.6. The smallest absolute Gasteiger partial charge is 0.115 e. The standard InChI is InChI=1S/C25H33NO/c1-2-8-23-24-13-7-15-25(23,21-11-6-12-22(27)19-21)16-18-26(24)17-14-20-9-4-3-5-10-20/h3-6,9-12,19,23-24,27H,2,7-8,13-18H2,1H3. The van der Waals surface area contributed by atoms with Gasteiger partial charge in [0, 0.05) is 18.0 Å². The van der Waals surface area contributed by atoms with Crippen LogP contribution < -0.4 is 0 Å². The molecule has 2 aliphatic rings. The van der Waals surface area contributed by atoms with E-state index in [0.29, 0.717) is 17.7 Å². The maximum atomic E-state index is 10.1. The summed E-state index contributed by atoms with van der Waals surface area (Å²) in [5.41, 5.74) is 3.10. The van der Waals surface area contributed by atoms with Gasteiger partial charge in [-0.25, -0.2) is 0 Å². The largest absolute Gasteiger partial charge is 0.508 e. The Labute approximate surface area is 164 Å². The minimum atomic E-state index is 0.265. The van der Waals surface area contributed by atoms with Crippen LogP contribution in [0.2, 0.25) is 0 Å². The van der Waals surface area contributed by atoms with Gasteiger partial charge >= 0.3 is 0 Å². The van der Waals surface area contributed by atoms with Gasteiger partial charge in [0.05, 0.1) is 0 Å². The third-order valence-corrected chi connectivity index (χ3v) is 7.16. The fraction of sp³-hybridized carbons (Fsp3) is 0.520. The van der Waals surface area contributed by atoms with E-state index in [9.17, 15) is 5.11 Å². The molecule has 0 aromatic heterocycles. The number of hydrogen-bond donors (Lipinski definition) is 1. The lowest BCUT2D eigenvalue weighted by molar-refractivity contribution is -0.0158. The Kier molecular flexibility index (Phi) is 5.54. The van der Waals surface area contributed by atoms with Crippen LogP contribution in [-0.4, -0.2) is 29.1 Å². The second kappa shape index (κ2) is 8.06. The Morgan fingerprint density at radius 1 is 1.07 bits per heavy atom. The van der Waals surface area contributed by atoms with Crippen molar-refractivity contribution in [1.29, 1.82) is 0 Å². The first kappa shape index (κ1) is 18.6. The lowest BCUT2D eigenvalue weighted by Crippen LogP contribution is -2.58. The van der Waals surface area contributed by atoms with Crippen LogP contribution in [0.4, 0.5) is 0 Å². The van der Waals surface area contributed by atoms with Gasteiger partial charge in [0.1, 0.15) is 5.75 Å². The summed E-state index contributed by atoms with van der Waals surface area (Å²) < 4.78 is 0. The summed E-state index contributed by atoms with van der Waals surface area (Å²) in [6, 6.07) is 19.8. The van der Waals surface area contributed by atoms with Crippen molar-refractivity contribution in [3.63, 3.8) is 0 Å². The van der Waals surface area contributed by atoms with Gasteiger partial charge in [-0.3, -0.25) is 4.90 Å². The fourth-order valence-corrected chi connectivity index (χ4v) is 5.93. The van der Waals surface area contributed by atoms with Crippen LogP contribution in [0.5, 0.6) is 5.75 Å². The average molecular weight is 364 g/mol. The third kappa shape index (κ3) is 3.65. The van der Waals surface area contributed by atoms with E-state index >= 15 is 0 Å². The second-order valence-electron chi connectivity index (χ2n) is 8.58. The number of rotatable bonds is 6. The first-order valence-corrected chi connectivity index (χ1v) is 10.8. The molecule has 0 radical (unpaired) electrons. The fourth-order valence-electron chi connectivity index (χ4n) is 5.93. The Bertz CT molecular complexity index is 743. The molecule has 1 aliphatic heterocycles. The van der Waals surface area contributed by atoms with Crippen LogP contribution in [0.1, 0.15) is 56.6 Å². The minimum Gasteiger partial charge on any atom is -0.508 e. The zero-order chi connectivity index (χ0) is 18.7. The molecule has 1 heterocycles. The van der Waals surface area contributed by atoms with Gasteiger partial charge in [-0.05, 0) is 67.8 Å². The molecule has 4 rings (SSSR count). The van der Waals surface area contributed by atoms with Gasteiger partial charge in [-0.1, -0.05) is 62.2 Å². The summed E-state index contributed by atoms with van der Waals surface area (Å²) in [5, 5.41) is 10.1. The topological polar surface area (TPSA) is 23.5 Å². The molecule has 2 bridgehead atoms.